The second kappa shape index (κ2) is 6.22. The molecule has 0 spiro atoms. The molecule has 1 amide bonds. The molecule has 1 aromatic carbocycles. The fourth-order valence-electron chi connectivity index (χ4n) is 1.52. The topological polar surface area (TPSA) is 87.6 Å². The third-order valence-electron chi connectivity index (χ3n) is 2.33. The van der Waals surface area contributed by atoms with E-state index in [1.807, 2.05) is 25.1 Å². The number of ether oxygens (including phenoxy) is 2. The summed E-state index contributed by atoms with van der Waals surface area (Å²) in [6, 6.07) is 5.40. The Balaban J connectivity index is 2.69. The van der Waals surface area contributed by atoms with Gasteiger partial charge < -0.3 is 20.9 Å². The third kappa shape index (κ3) is 4.05. The smallest absolute Gasteiger partial charge is 0.243 e. The molecule has 0 saturated heterocycles. The number of amides is 1. The number of rotatable bonds is 6. The van der Waals surface area contributed by atoms with Gasteiger partial charge in [0.05, 0.1) is 19.8 Å². The second-order valence-corrected chi connectivity index (χ2v) is 3.83. The van der Waals surface area contributed by atoms with Crippen LogP contribution < -0.4 is 16.2 Å². The van der Waals surface area contributed by atoms with Gasteiger partial charge in [0.1, 0.15) is 12.4 Å². The molecule has 1 atom stereocenters. The summed E-state index contributed by atoms with van der Waals surface area (Å²) >= 11 is 0. The number of nitrogens with two attached hydrogens (primary N) is 2. The van der Waals surface area contributed by atoms with Crippen LogP contribution in [0.25, 0.3) is 0 Å². The van der Waals surface area contributed by atoms with Crippen molar-refractivity contribution in [2.75, 3.05) is 20.3 Å². The number of methoxy groups -OCH3 is 1. The van der Waals surface area contributed by atoms with Gasteiger partial charge >= 0.3 is 0 Å². The van der Waals surface area contributed by atoms with E-state index in [9.17, 15) is 4.79 Å². The first-order valence-electron chi connectivity index (χ1n) is 5.30. The summed E-state index contributed by atoms with van der Waals surface area (Å²) in [7, 11) is 1.59. The van der Waals surface area contributed by atoms with Gasteiger partial charge in [0.2, 0.25) is 5.91 Å². The van der Waals surface area contributed by atoms with E-state index in [4.69, 9.17) is 20.9 Å². The zero-order chi connectivity index (χ0) is 12.8. The number of hydrogen-bond acceptors (Lipinski definition) is 4. The van der Waals surface area contributed by atoms with Gasteiger partial charge in [-0.3, -0.25) is 4.79 Å². The lowest BCUT2D eigenvalue weighted by Crippen LogP contribution is -2.23. The standard InChI is InChI=1S/C12H18N2O3/c1-8-3-4-11(16-2)9(5-8)10(13)6-17-7-12(14)15/h3-5,10H,6-7,13H2,1-2H3,(H2,14,15). The van der Waals surface area contributed by atoms with Crippen molar-refractivity contribution >= 4 is 5.91 Å². The molecule has 94 valence electrons. The van der Waals surface area contributed by atoms with Gasteiger partial charge in [-0.2, -0.15) is 0 Å². The lowest BCUT2D eigenvalue weighted by Gasteiger charge is -2.16. The summed E-state index contributed by atoms with van der Waals surface area (Å²) in [5.41, 5.74) is 12.9. The molecule has 0 saturated carbocycles. The molecule has 0 aromatic heterocycles. The Bertz CT molecular complexity index is 393. The van der Waals surface area contributed by atoms with Gasteiger partial charge in [0.15, 0.2) is 0 Å². The summed E-state index contributed by atoms with van der Waals surface area (Å²) in [4.78, 5) is 10.5. The van der Waals surface area contributed by atoms with E-state index in [1.54, 1.807) is 7.11 Å². The molecule has 1 aromatic rings. The lowest BCUT2D eigenvalue weighted by atomic mass is 10.0. The van der Waals surface area contributed by atoms with Gasteiger partial charge in [-0.25, -0.2) is 0 Å². The van der Waals surface area contributed by atoms with E-state index in [-0.39, 0.29) is 19.3 Å². The number of hydrogen-bond donors (Lipinski definition) is 2. The molecule has 0 aliphatic heterocycles. The molecule has 5 nitrogen and oxygen atoms in total. The van der Waals surface area contributed by atoms with E-state index in [1.165, 1.54) is 0 Å². The van der Waals surface area contributed by atoms with Crippen LogP contribution in [0.3, 0.4) is 0 Å². The fourth-order valence-corrected chi connectivity index (χ4v) is 1.52. The van der Waals surface area contributed by atoms with Crippen molar-refractivity contribution in [1.82, 2.24) is 0 Å². The van der Waals surface area contributed by atoms with Crippen LogP contribution in [0, 0.1) is 6.92 Å². The van der Waals surface area contributed by atoms with Crippen molar-refractivity contribution in [2.24, 2.45) is 11.5 Å². The monoisotopic (exact) mass is 238 g/mol. The number of carbonyl (C=O) groups is 1. The maximum atomic E-state index is 10.5. The van der Waals surface area contributed by atoms with Crippen LogP contribution >= 0.6 is 0 Å². The molecule has 17 heavy (non-hydrogen) atoms. The minimum absolute atomic E-state index is 0.123. The molecule has 0 radical (unpaired) electrons. The zero-order valence-corrected chi connectivity index (χ0v) is 10.1. The number of benzene rings is 1. The minimum Gasteiger partial charge on any atom is -0.496 e. The van der Waals surface area contributed by atoms with E-state index in [2.05, 4.69) is 0 Å². The van der Waals surface area contributed by atoms with Gasteiger partial charge in [-0.15, -0.1) is 0 Å². The average molecular weight is 238 g/mol. The molecule has 0 aliphatic rings. The first kappa shape index (κ1) is 13.5. The molecule has 0 heterocycles. The summed E-state index contributed by atoms with van der Waals surface area (Å²) < 4.78 is 10.3. The fraction of sp³-hybridized carbons (Fsp3) is 0.417. The van der Waals surface area contributed by atoms with Crippen LogP contribution in [0.5, 0.6) is 5.75 Å². The van der Waals surface area contributed by atoms with Gasteiger partial charge in [0.25, 0.3) is 0 Å². The van der Waals surface area contributed by atoms with Gasteiger partial charge in [-0.1, -0.05) is 17.7 Å². The molecule has 5 heteroatoms. The molecule has 1 rings (SSSR count). The molecule has 4 N–H and O–H groups in total. The Morgan fingerprint density at radius 2 is 2.18 bits per heavy atom. The van der Waals surface area contributed by atoms with Crippen LogP contribution in [0.2, 0.25) is 0 Å². The van der Waals surface area contributed by atoms with E-state index >= 15 is 0 Å². The van der Waals surface area contributed by atoms with E-state index < -0.39 is 5.91 Å². The predicted octanol–water partition coefficient (Wildman–Crippen LogP) is 0.505. The highest BCUT2D eigenvalue weighted by molar-refractivity contribution is 5.74. The van der Waals surface area contributed by atoms with Crippen molar-refractivity contribution in [3.63, 3.8) is 0 Å². The average Bonchev–Trinajstić information content (AvgIpc) is 2.28. The molecule has 0 aliphatic carbocycles. The number of carbonyl (C=O) groups excluding carboxylic acids is 1. The lowest BCUT2D eigenvalue weighted by molar-refractivity contribution is -0.122. The van der Waals surface area contributed by atoms with Crippen molar-refractivity contribution in [1.29, 1.82) is 0 Å². The van der Waals surface area contributed by atoms with Gasteiger partial charge in [-0.05, 0) is 13.0 Å². The van der Waals surface area contributed by atoms with Crippen LogP contribution in [0.15, 0.2) is 18.2 Å². The van der Waals surface area contributed by atoms with Gasteiger partial charge in [0, 0.05) is 5.56 Å². The Hall–Kier alpha value is -1.59. The molecular formula is C12H18N2O3. The molecule has 0 fully saturated rings. The molecule has 0 bridgehead atoms. The first-order chi connectivity index (χ1) is 8.04. The molecular weight excluding hydrogens is 220 g/mol. The van der Waals surface area contributed by atoms with Crippen LogP contribution in [0.4, 0.5) is 0 Å². The Morgan fingerprint density at radius 1 is 1.47 bits per heavy atom. The quantitative estimate of drug-likeness (QED) is 0.755. The summed E-state index contributed by atoms with van der Waals surface area (Å²) in [6.07, 6.45) is 0. The minimum atomic E-state index is -0.506. The maximum absolute atomic E-state index is 10.5. The van der Waals surface area contributed by atoms with Crippen LogP contribution in [-0.4, -0.2) is 26.2 Å². The third-order valence-corrected chi connectivity index (χ3v) is 2.33. The predicted molar refractivity (Wildman–Crippen MR) is 64.7 cm³/mol. The van der Waals surface area contributed by atoms with Crippen LogP contribution in [-0.2, 0) is 9.53 Å². The summed E-state index contributed by atoms with van der Waals surface area (Å²) in [5, 5.41) is 0. The Morgan fingerprint density at radius 3 is 2.76 bits per heavy atom. The zero-order valence-electron chi connectivity index (χ0n) is 10.1. The SMILES string of the molecule is COc1ccc(C)cc1C(N)COCC(N)=O. The van der Waals surface area contributed by atoms with Crippen molar-refractivity contribution in [2.45, 2.75) is 13.0 Å². The normalized spacial score (nSPS) is 12.2. The van der Waals surface area contributed by atoms with E-state index in [0.717, 1.165) is 11.1 Å². The maximum Gasteiger partial charge on any atom is 0.243 e. The van der Waals surface area contributed by atoms with Crippen molar-refractivity contribution < 1.29 is 14.3 Å². The number of aryl methyl sites for hydroxylation is 1. The highest BCUT2D eigenvalue weighted by atomic mass is 16.5. The highest BCUT2D eigenvalue weighted by Gasteiger charge is 2.12. The van der Waals surface area contributed by atoms with Crippen LogP contribution in [0.1, 0.15) is 17.2 Å². The largest absolute Gasteiger partial charge is 0.496 e. The summed E-state index contributed by atoms with van der Waals surface area (Å²) in [6.45, 7) is 2.07. The Labute approximate surface area is 101 Å². The highest BCUT2D eigenvalue weighted by Crippen LogP contribution is 2.24. The van der Waals surface area contributed by atoms with Crippen molar-refractivity contribution in [3.8, 4) is 5.75 Å². The summed E-state index contributed by atoms with van der Waals surface area (Å²) in [5.74, 6) is 0.208. The second-order valence-electron chi connectivity index (χ2n) is 3.83. The van der Waals surface area contributed by atoms with E-state index in [0.29, 0.717) is 5.75 Å². The Kier molecular flexibility index (Phi) is 4.93. The molecule has 1 unspecified atom stereocenters. The first-order valence-corrected chi connectivity index (χ1v) is 5.30. The van der Waals surface area contributed by atoms with Crippen molar-refractivity contribution in [3.05, 3.63) is 29.3 Å². The number of primary amides is 1.